The van der Waals surface area contributed by atoms with E-state index in [4.69, 9.17) is 17.3 Å². The Morgan fingerprint density at radius 2 is 2.09 bits per heavy atom. The Bertz CT molecular complexity index is 665. The van der Waals surface area contributed by atoms with Gasteiger partial charge in [0.15, 0.2) is 6.04 Å². The number of urea groups is 1. The van der Waals surface area contributed by atoms with E-state index in [9.17, 15) is 22.8 Å². The fourth-order valence-corrected chi connectivity index (χ4v) is 3.10. The van der Waals surface area contributed by atoms with E-state index in [1.165, 1.54) is 24.1 Å². The van der Waals surface area contributed by atoms with Gasteiger partial charge < -0.3 is 5.73 Å². The van der Waals surface area contributed by atoms with E-state index in [-0.39, 0.29) is 23.1 Å². The van der Waals surface area contributed by atoms with Crippen molar-refractivity contribution in [2.75, 3.05) is 20.6 Å². The molecule has 2 rings (SSSR count). The van der Waals surface area contributed by atoms with Crippen LogP contribution in [-0.4, -0.2) is 48.0 Å². The number of likely N-dealkylation sites (N-methyl/N-ethyl adjacent to an activating group) is 2. The molecule has 1 heterocycles. The molecule has 23 heavy (non-hydrogen) atoms. The first-order valence-corrected chi connectivity index (χ1v) is 7.11. The van der Waals surface area contributed by atoms with Crippen molar-refractivity contribution < 1.29 is 27.2 Å². The molecule has 2 N–H and O–H groups in total. The predicted octanol–water partition coefficient (Wildman–Crippen LogP) is 2.22. The Morgan fingerprint density at radius 1 is 1.48 bits per heavy atom. The Labute approximate surface area is 136 Å². The third kappa shape index (κ3) is 3.13. The van der Waals surface area contributed by atoms with E-state index in [0.717, 1.165) is 6.07 Å². The lowest BCUT2D eigenvalue weighted by Crippen LogP contribution is -2.46. The fourth-order valence-electron chi connectivity index (χ4n) is 2.81. The minimum Gasteiger partial charge on any atom is -0.368 e. The van der Waals surface area contributed by atoms with Gasteiger partial charge in [0.05, 0.1) is 17.6 Å². The molecule has 0 aliphatic carbocycles. The summed E-state index contributed by atoms with van der Waals surface area (Å²) in [6.45, 7) is 0.0208. The molecule has 1 aliphatic heterocycles. The largest absolute Gasteiger partial charge is 0.419 e. The molecule has 2 atom stereocenters. The second kappa shape index (κ2) is 5.68. The zero-order valence-electron chi connectivity index (χ0n) is 12.5. The highest BCUT2D eigenvalue weighted by Crippen LogP contribution is 2.37. The van der Waals surface area contributed by atoms with Gasteiger partial charge in [-0.25, -0.2) is 9.28 Å². The van der Waals surface area contributed by atoms with E-state index in [0.29, 0.717) is 0 Å². The van der Waals surface area contributed by atoms with Gasteiger partial charge >= 0.3 is 12.2 Å². The van der Waals surface area contributed by atoms with Crippen LogP contribution in [0.25, 0.3) is 0 Å². The highest BCUT2D eigenvalue weighted by Gasteiger charge is 2.50. The van der Waals surface area contributed by atoms with Crippen molar-refractivity contribution in [2.45, 2.75) is 18.8 Å². The summed E-state index contributed by atoms with van der Waals surface area (Å²) in [7, 11) is 2.98. The number of hydrogen-bond acceptors (Lipinski definition) is 2. The van der Waals surface area contributed by atoms with Crippen molar-refractivity contribution >= 4 is 23.5 Å². The maximum Gasteiger partial charge on any atom is 0.419 e. The minimum atomic E-state index is -4.58. The summed E-state index contributed by atoms with van der Waals surface area (Å²) in [6, 6.07) is 2.37. The lowest BCUT2D eigenvalue weighted by atomic mass is 10.1. The second-order valence-electron chi connectivity index (χ2n) is 5.82. The minimum absolute atomic E-state index is 0.0598. The zero-order chi connectivity index (χ0) is 17.6. The Hall–Kier alpha value is -1.80. The predicted molar refractivity (Wildman–Crippen MR) is 77.4 cm³/mol. The van der Waals surface area contributed by atoms with Gasteiger partial charge in [0, 0.05) is 12.6 Å². The Kier molecular flexibility index (Phi) is 4.34. The van der Waals surface area contributed by atoms with Gasteiger partial charge in [-0.2, -0.15) is 13.2 Å². The van der Waals surface area contributed by atoms with Crippen LogP contribution in [0.15, 0.2) is 18.2 Å². The summed E-state index contributed by atoms with van der Waals surface area (Å²) in [5.41, 5.74) is 4.50. The second-order valence-corrected chi connectivity index (χ2v) is 6.20. The van der Waals surface area contributed by atoms with Gasteiger partial charge in [0.2, 0.25) is 5.91 Å². The summed E-state index contributed by atoms with van der Waals surface area (Å²) in [5.74, 6) is -0.655. The quantitative estimate of drug-likeness (QED) is 0.850. The SMILES string of the molecule is CN1C(=O)[N+](C)(Cc2cccc(C(F)(F)F)c2Cl)CC1C(N)=O. The molecule has 1 aromatic carbocycles. The van der Waals surface area contributed by atoms with Gasteiger partial charge in [-0.05, 0) is 6.07 Å². The number of hydrogen-bond donors (Lipinski definition) is 1. The average Bonchev–Trinajstić information content (AvgIpc) is 2.65. The van der Waals surface area contributed by atoms with Gasteiger partial charge in [-0.15, -0.1) is 0 Å². The monoisotopic (exact) mass is 350 g/mol. The molecule has 0 saturated carbocycles. The number of primary amides is 1. The number of carbonyl (C=O) groups excluding carboxylic acids is 2. The standard InChI is InChI=1S/C14H15ClF3N3O2/c1-20-10(12(19)22)7-21(2,13(20)23)6-8-4-3-5-9(11(8)15)14(16,17)18/h3-5,10H,6-7H2,1-2H3,(H-,19,22)/p+1. The third-order valence-corrected chi connectivity index (χ3v) is 4.49. The topological polar surface area (TPSA) is 63.4 Å². The summed E-state index contributed by atoms with van der Waals surface area (Å²) >= 11 is 5.87. The van der Waals surface area contributed by atoms with Gasteiger partial charge in [0.1, 0.15) is 13.1 Å². The van der Waals surface area contributed by atoms with Gasteiger partial charge in [0.25, 0.3) is 0 Å². The van der Waals surface area contributed by atoms with Crippen LogP contribution in [0.2, 0.25) is 5.02 Å². The van der Waals surface area contributed by atoms with Crippen LogP contribution in [0, 0.1) is 0 Å². The lowest BCUT2D eigenvalue weighted by molar-refractivity contribution is -0.835. The van der Waals surface area contributed by atoms with Gasteiger partial charge in [-0.1, -0.05) is 23.7 Å². The maximum absolute atomic E-state index is 12.9. The number of amides is 3. The zero-order valence-corrected chi connectivity index (χ0v) is 13.3. The first kappa shape index (κ1) is 17.6. The number of halogens is 4. The van der Waals surface area contributed by atoms with Crippen LogP contribution in [-0.2, 0) is 17.5 Å². The first-order chi connectivity index (χ1) is 10.5. The molecule has 3 amide bonds. The molecule has 0 bridgehead atoms. The molecule has 1 saturated heterocycles. The van der Waals surface area contributed by atoms with E-state index >= 15 is 0 Å². The Balaban J connectivity index is 2.36. The highest BCUT2D eigenvalue weighted by molar-refractivity contribution is 6.32. The molecule has 9 heteroatoms. The van der Waals surface area contributed by atoms with Crippen molar-refractivity contribution in [3.63, 3.8) is 0 Å². The molecule has 5 nitrogen and oxygen atoms in total. The summed E-state index contributed by atoms with van der Waals surface area (Å²) in [5, 5.41) is -0.433. The summed E-state index contributed by atoms with van der Waals surface area (Å²) in [6.07, 6.45) is -4.58. The van der Waals surface area contributed by atoms with Gasteiger partial charge in [-0.3, -0.25) is 9.69 Å². The van der Waals surface area contributed by atoms with Crippen LogP contribution < -0.4 is 5.73 Å². The molecule has 1 aliphatic rings. The van der Waals surface area contributed by atoms with Crippen LogP contribution in [0.3, 0.4) is 0 Å². The fraction of sp³-hybridized carbons (Fsp3) is 0.429. The number of nitrogens with two attached hydrogens (primary N) is 1. The molecule has 0 spiro atoms. The molecule has 126 valence electrons. The average molecular weight is 351 g/mol. The highest BCUT2D eigenvalue weighted by atomic mass is 35.5. The number of carbonyl (C=O) groups is 2. The first-order valence-electron chi connectivity index (χ1n) is 6.73. The van der Waals surface area contributed by atoms with Crippen LogP contribution >= 0.6 is 11.6 Å². The molecule has 0 aromatic heterocycles. The molecule has 1 aromatic rings. The lowest BCUT2D eigenvalue weighted by Gasteiger charge is -2.26. The molecule has 2 unspecified atom stereocenters. The van der Waals surface area contributed by atoms with Crippen molar-refractivity contribution in [1.29, 1.82) is 0 Å². The number of nitrogens with zero attached hydrogens (tertiary/aromatic N) is 2. The molecule has 1 fully saturated rings. The summed E-state index contributed by atoms with van der Waals surface area (Å²) < 4.78 is 38.5. The van der Waals surface area contributed by atoms with Crippen LogP contribution in [0.4, 0.5) is 18.0 Å². The molecular weight excluding hydrogens is 335 g/mol. The van der Waals surface area contributed by atoms with E-state index in [2.05, 4.69) is 0 Å². The smallest absolute Gasteiger partial charge is 0.368 e. The van der Waals surface area contributed by atoms with Crippen molar-refractivity contribution in [3.05, 3.63) is 34.3 Å². The summed E-state index contributed by atoms with van der Waals surface area (Å²) in [4.78, 5) is 25.0. The number of benzene rings is 1. The number of quaternary nitrogens is 1. The van der Waals surface area contributed by atoms with E-state index < -0.39 is 34.7 Å². The van der Waals surface area contributed by atoms with Crippen LogP contribution in [0.1, 0.15) is 11.1 Å². The number of rotatable bonds is 3. The van der Waals surface area contributed by atoms with Crippen molar-refractivity contribution in [2.24, 2.45) is 5.73 Å². The van der Waals surface area contributed by atoms with E-state index in [1.54, 1.807) is 7.05 Å². The van der Waals surface area contributed by atoms with Crippen LogP contribution in [0.5, 0.6) is 0 Å². The molecule has 0 radical (unpaired) electrons. The Morgan fingerprint density at radius 3 is 2.57 bits per heavy atom. The number of alkyl halides is 3. The third-order valence-electron chi connectivity index (χ3n) is 4.04. The van der Waals surface area contributed by atoms with Crippen molar-refractivity contribution in [1.82, 2.24) is 4.90 Å². The molecular formula is C14H16ClF3N3O2+. The van der Waals surface area contributed by atoms with Crippen molar-refractivity contribution in [3.8, 4) is 0 Å². The normalized spacial score (nSPS) is 25.0. The van der Waals surface area contributed by atoms with E-state index in [1.807, 2.05) is 0 Å². The maximum atomic E-state index is 12.9.